The van der Waals surface area contributed by atoms with Crippen LogP contribution in [0.1, 0.15) is 81.0 Å². The van der Waals surface area contributed by atoms with Crippen molar-refractivity contribution in [1.82, 2.24) is 20.8 Å². The molecule has 3 heterocycles. The van der Waals surface area contributed by atoms with Gasteiger partial charge in [-0.05, 0) is 98.9 Å². The number of nitrogens with two attached hydrogens (primary N) is 2. The monoisotopic (exact) mass is 982 g/mol. The number of ether oxygens (including phenoxy) is 3. The van der Waals surface area contributed by atoms with Crippen molar-refractivity contribution in [1.29, 1.82) is 0 Å². The first-order chi connectivity index (χ1) is 32.1. The van der Waals surface area contributed by atoms with Gasteiger partial charge in [0.15, 0.2) is 48.7 Å². The van der Waals surface area contributed by atoms with Crippen LogP contribution in [0.25, 0.3) is 11.1 Å². The maximum atomic E-state index is 12.9. The van der Waals surface area contributed by atoms with Crippen molar-refractivity contribution >= 4 is 54.8 Å². The summed E-state index contributed by atoms with van der Waals surface area (Å²) in [6.07, 6.45) is 8.32. The Bertz CT molecular complexity index is 2510. The highest BCUT2D eigenvalue weighted by Gasteiger charge is 2.45. The number of carbonyl (C=O) groups excluding carboxylic acids is 4. The Morgan fingerprint density at radius 1 is 0.735 bits per heavy atom. The highest BCUT2D eigenvalue weighted by atomic mass is 32.2. The quantitative estimate of drug-likeness (QED) is 0.0919. The number of benzene rings is 2. The van der Waals surface area contributed by atoms with E-state index in [1.807, 2.05) is 48.5 Å². The Morgan fingerprint density at radius 2 is 1.18 bits per heavy atom. The van der Waals surface area contributed by atoms with Gasteiger partial charge in [-0.15, -0.1) is 0 Å². The zero-order chi connectivity index (χ0) is 50.0. The van der Waals surface area contributed by atoms with E-state index in [-0.39, 0.29) is 26.1 Å². The number of hydrogen-bond acceptors (Lipinski definition) is 15. The van der Waals surface area contributed by atoms with Crippen LogP contribution in [0.5, 0.6) is 0 Å². The molecule has 3 atom stereocenters. The molecule has 2 aromatic carbocycles. The molecular formula is C47H62N6O13S2. The lowest BCUT2D eigenvalue weighted by Gasteiger charge is -2.32. The highest BCUT2D eigenvalue weighted by molar-refractivity contribution is 7.93. The van der Waals surface area contributed by atoms with E-state index in [2.05, 4.69) is 60.6 Å². The number of rotatable bonds is 16. The molecule has 1 fully saturated rings. The Kier molecular flexibility index (Phi) is 20.6. The van der Waals surface area contributed by atoms with Gasteiger partial charge in [-0.1, -0.05) is 60.1 Å². The summed E-state index contributed by atoms with van der Waals surface area (Å²) in [5.74, 6) is 9.62. The highest BCUT2D eigenvalue weighted by Crippen LogP contribution is 2.28. The number of nitrogens with one attached hydrogen (secondary N) is 2. The number of sulfone groups is 2. The van der Waals surface area contributed by atoms with E-state index in [9.17, 15) is 36.0 Å². The summed E-state index contributed by atoms with van der Waals surface area (Å²) < 4.78 is 60.6. The molecule has 1 saturated heterocycles. The van der Waals surface area contributed by atoms with Gasteiger partial charge in [0.05, 0.1) is 0 Å². The van der Waals surface area contributed by atoms with Crippen molar-refractivity contribution < 1.29 is 60.3 Å². The van der Waals surface area contributed by atoms with Crippen molar-refractivity contribution in [2.45, 2.75) is 74.6 Å². The van der Waals surface area contributed by atoms with Gasteiger partial charge in [-0.2, -0.15) is 0 Å². The maximum absolute atomic E-state index is 12.9. The third-order valence-electron chi connectivity index (χ3n) is 12.1. The molecule has 0 aliphatic carbocycles. The summed E-state index contributed by atoms with van der Waals surface area (Å²) in [6, 6.07) is 15.5. The minimum atomic E-state index is -3.70. The third-order valence-corrected chi connectivity index (χ3v) is 16.1. The second-order valence-corrected chi connectivity index (χ2v) is 21.7. The molecule has 21 heteroatoms. The van der Waals surface area contributed by atoms with Gasteiger partial charge in [-0.25, -0.2) is 42.2 Å². The fraction of sp³-hybridized carbons (Fsp3) is 0.489. The van der Waals surface area contributed by atoms with Crippen molar-refractivity contribution in [2.75, 3.05) is 71.6 Å². The van der Waals surface area contributed by atoms with Gasteiger partial charge in [0.1, 0.15) is 0 Å². The lowest BCUT2D eigenvalue weighted by atomic mass is 9.98. The molecule has 3 aliphatic heterocycles. The van der Waals surface area contributed by atoms with Gasteiger partial charge < -0.3 is 25.7 Å². The molecule has 3 aliphatic rings. The van der Waals surface area contributed by atoms with Crippen molar-refractivity contribution in [2.24, 2.45) is 11.5 Å². The van der Waals surface area contributed by atoms with Gasteiger partial charge in [-0.3, -0.25) is 24.6 Å². The maximum Gasteiger partial charge on any atom is 0.405 e. The first-order valence-electron chi connectivity index (χ1n) is 21.9. The second kappa shape index (κ2) is 25.5. The van der Waals surface area contributed by atoms with Crippen LogP contribution in [0, 0.1) is 23.7 Å². The van der Waals surface area contributed by atoms with Crippen LogP contribution in [0.4, 0.5) is 9.59 Å². The number of nitrogens with zero attached hydrogens (tertiary/aromatic N) is 2. The summed E-state index contributed by atoms with van der Waals surface area (Å²) in [5, 5.41) is 8.91. The first-order valence-corrected chi connectivity index (χ1v) is 25.7. The molecule has 370 valence electrons. The van der Waals surface area contributed by atoms with Crippen LogP contribution in [0.2, 0.25) is 0 Å². The standard InChI is InChI=1S/C26H35N3O7S.C21H27N3O6S/c1-26(37(2,32)33,24(30)28-36-23-7-3-4-18-34-23)14-17-29-15-12-22(13-16-29)21-10-8-20(9-11-21)6-5-19-35-25(27)31;1-21(19(25)23-27,31(2,28)29)11-14-24-12-9-18(10-13-24)17-7-5-16(6-8-17)4-3-15-30-20(22)26/h8-12,23H,3-4,7,13-19H2,1-2H3,(H2,27,31)(H,28,30);5-9,27H,10-15H2,1-2H3,(H2,22,26)(H,23,25). The van der Waals surface area contributed by atoms with Crippen molar-refractivity contribution in [3.8, 4) is 23.7 Å². The van der Waals surface area contributed by atoms with Crippen LogP contribution >= 0.6 is 0 Å². The van der Waals surface area contributed by atoms with E-state index in [0.717, 1.165) is 73.5 Å². The second-order valence-electron chi connectivity index (χ2n) is 16.8. The summed E-state index contributed by atoms with van der Waals surface area (Å²) in [6.45, 7) is 6.80. The Morgan fingerprint density at radius 3 is 1.53 bits per heavy atom. The van der Waals surface area contributed by atoms with E-state index in [4.69, 9.17) is 26.2 Å². The number of carbonyl (C=O) groups is 4. The number of hydroxylamine groups is 2. The molecule has 68 heavy (non-hydrogen) atoms. The van der Waals surface area contributed by atoms with E-state index in [1.54, 1.807) is 0 Å². The first kappa shape index (κ1) is 54.8. The summed E-state index contributed by atoms with van der Waals surface area (Å²) in [7, 11) is -7.41. The van der Waals surface area contributed by atoms with Crippen LogP contribution in [-0.4, -0.2) is 143 Å². The van der Waals surface area contributed by atoms with E-state index < -0.39 is 59.5 Å². The normalized spacial score (nSPS) is 18.3. The number of primary amides is 2. The number of amides is 4. The molecule has 2 aromatic rings. The predicted molar refractivity (Wildman–Crippen MR) is 254 cm³/mol. The molecular weight excluding hydrogens is 921 g/mol. The zero-order valence-corrected chi connectivity index (χ0v) is 40.5. The zero-order valence-electron chi connectivity index (χ0n) is 38.9. The van der Waals surface area contributed by atoms with Crippen molar-refractivity contribution in [3.05, 3.63) is 82.9 Å². The fourth-order valence-corrected chi connectivity index (χ4v) is 8.89. The Balaban J connectivity index is 0.000000301. The molecule has 0 radical (unpaired) electrons. The van der Waals surface area contributed by atoms with Gasteiger partial charge >= 0.3 is 12.2 Å². The van der Waals surface area contributed by atoms with Crippen LogP contribution in [0.15, 0.2) is 60.7 Å². The SMILES string of the molecule is CC(CCN1CC=C(c2ccc(C#CCOC(N)=O)cc2)CC1)(C(=O)NO)S(C)(=O)=O.CC(CCN1CC=C(c2ccc(C#CCOC(N)=O)cc2)CC1)(C(=O)NOC1CCCCO1)S(C)(=O)=O. The molecule has 0 saturated carbocycles. The smallest absolute Gasteiger partial charge is 0.405 e. The summed E-state index contributed by atoms with van der Waals surface area (Å²) in [4.78, 5) is 55.4. The van der Waals surface area contributed by atoms with E-state index >= 15 is 0 Å². The molecule has 0 aromatic heterocycles. The van der Waals surface area contributed by atoms with Gasteiger partial charge in [0.2, 0.25) is 0 Å². The molecule has 0 bridgehead atoms. The van der Waals surface area contributed by atoms with Gasteiger partial charge in [0.25, 0.3) is 11.8 Å². The average molecular weight is 983 g/mol. The lowest BCUT2D eigenvalue weighted by molar-refractivity contribution is -0.201. The summed E-state index contributed by atoms with van der Waals surface area (Å²) in [5.41, 5.74) is 19.7. The largest absolute Gasteiger partial charge is 0.437 e. The minimum absolute atomic E-state index is 0.0555. The molecule has 4 amide bonds. The van der Waals surface area contributed by atoms with Gasteiger partial charge in [0, 0.05) is 75.9 Å². The summed E-state index contributed by atoms with van der Waals surface area (Å²) >= 11 is 0. The average Bonchev–Trinajstić information content (AvgIpc) is 3.32. The molecule has 7 N–H and O–H groups in total. The topological polar surface area (TPSA) is 276 Å². The Hall–Kier alpha value is -5.78. The Labute approximate surface area is 398 Å². The van der Waals surface area contributed by atoms with Crippen LogP contribution < -0.4 is 22.4 Å². The van der Waals surface area contributed by atoms with E-state index in [0.29, 0.717) is 39.2 Å². The minimum Gasteiger partial charge on any atom is -0.437 e. The molecule has 5 rings (SSSR count). The van der Waals surface area contributed by atoms with Crippen LogP contribution in [-0.2, 0) is 48.3 Å². The number of hydrogen-bond donors (Lipinski definition) is 5. The molecule has 0 spiro atoms. The van der Waals surface area contributed by atoms with Crippen molar-refractivity contribution in [3.63, 3.8) is 0 Å². The lowest BCUT2D eigenvalue weighted by Crippen LogP contribution is -2.52. The van der Waals surface area contributed by atoms with E-state index in [1.165, 1.54) is 30.5 Å². The molecule has 19 nitrogen and oxygen atoms in total. The third kappa shape index (κ3) is 16.5. The molecule has 3 unspecified atom stereocenters. The van der Waals surface area contributed by atoms with Crippen LogP contribution in [0.3, 0.4) is 0 Å². The predicted octanol–water partition coefficient (Wildman–Crippen LogP) is 2.91. The fourth-order valence-electron chi connectivity index (χ4n) is 7.21.